The average Bonchev–Trinajstić information content (AvgIpc) is 2.51. The zero-order valence-corrected chi connectivity index (χ0v) is 11.1. The molecular weight excluding hydrogens is 252 g/mol. The first-order valence-electron chi connectivity index (χ1n) is 6.41. The zero-order chi connectivity index (χ0) is 13.9. The monoisotopic (exact) mass is 266 g/mol. The summed E-state index contributed by atoms with van der Waals surface area (Å²) in [5, 5.41) is 5.65. The molecule has 3 rings (SSSR count). The molecule has 0 fully saturated rings. The van der Waals surface area contributed by atoms with E-state index < -0.39 is 12.2 Å². The Labute approximate surface area is 117 Å². The highest BCUT2D eigenvalue weighted by molar-refractivity contribution is 5.99. The van der Waals surface area contributed by atoms with Crippen molar-refractivity contribution < 1.29 is 9.53 Å². The van der Waals surface area contributed by atoms with Crippen LogP contribution in [0.5, 0.6) is 0 Å². The fourth-order valence-corrected chi connectivity index (χ4v) is 2.16. The summed E-state index contributed by atoms with van der Waals surface area (Å²) in [6.07, 6.45) is -0.876. The third-order valence-corrected chi connectivity index (χ3v) is 3.13. The van der Waals surface area contributed by atoms with E-state index in [0.717, 1.165) is 11.3 Å². The lowest BCUT2D eigenvalue weighted by molar-refractivity contribution is 0.129. The standard InChI is InChI=1S/C16H14N2O2/c1-12-15(13-8-4-2-5-9-13)20-16(19)18(17-12)14-10-6-3-7-11-14/h2-11,15H,1H3. The summed E-state index contributed by atoms with van der Waals surface area (Å²) in [6.45, 7) is 1.86. The number of carbonyl (C=O) groups is 1. The molecule has 0 saturated heterocycles. The summed E-state index contributed by atoms with van der Waals surface area (Å²) in [5.41, 5.74) is 2.37. The van der Waals surface area contributed by atoms with Gasteiger partial charge in [0.1, 0.15) is 0 Å². The SMILES string of the molecule is CC1=NN(c2ccccc2)C(=O)OC1c1ccccc1. The van der Waals surface area contributed by atoms with Crippen molar-refractivity contribution in [3.8, 4) is 0 Å². The molecule has 1 heterocycles. The molecule has 2 aromatic rings. The minimum atomic E-state index is -0.462. The van der Waals surface area contributed by atoms with Crippen molar-refractivity contribution in [3.05, 3.63) is 66.2 Å². The molecule has 0 radical (unpaired) electrons. The molecule has 0 aliphatic carbocycles. The fourth-order valence-electron chi connectivity index (χ4n) is 2.16. The number of ether oxygens (including phenoxy) is 1. The van der Waals surface area contributed by atoms with Crippen molar-refractivity contribution >= 4 is 17.5 Å². The Balaban J connectivity index is 1.93. The highest BCUT2D eigenvalue weighted by atomic mass is 16.6. The second kappa shape index (κ2) is 5.17. The van der Waals surface area contributed by atoms with Gasteiger partial charge in [-0.1, -0.05) is 48.5 Å². The lowest BCUT2D eigenvalue weighted by Crippen LogP contribution is -2.36. The largest absolute Gasteiger partial charge is 0.436 e. The van der Waals surface area contributed by atoms with Gasteiger partial charge in [-0.15, -0.1) is 0 Å². The summed E-state index contributed by atoms with van der Waals surface area (Å²) in [7, 11) is 0. The van der Waals surface area contributed by atoms with Crippen LogP contribution in [0.2, 0.25) is 0 Å². The normalized spacial score (nSPS) is 18.4. The average molecular weight is 266 g/mol. The van der Waals surface area contributed by atoms with E-state index in [4.69, 9.17) is 4.74 Å². The van der Waals surface area contributed by atoms with Crippen molar-refractivity contribution in [2.75, 3.05) is 5.01 Å². The number of benzene rings is 2. The molecule has 2 aromatic carbocycles. The number of amides is 1. The minimum absolute atomic E-state index is 0.413. The maximum absolute atomic E-state index is 12.1. The Morgan fingerprint density at radius 1 is 1.00 bits per heavy atom. The van der Waals surface area contributed by atoms with Crippen LogP contribution in [-0.2, 0) is 4.74 Å². The van der Waals surface area contributed by atoms with Gasteiger partial charge in [0.2, 0.25) is 0 Å². The third kappa shape index (κ3) is 2.28. The predicted octanol–water partition coefficient (Wildman–Crippen LogP) is 3.76. The number of rotatable bonds is 2. The highest BCUT2D eigenvalue weighted by Crippen LogP contribution is 2.27. The molecule has 0 N–H and O–H groups in total. The van der Waals surface area contributed by atoms with Crippen LogP contribution in [0.1, 0.15) is 18.6 Å². The smallest absolute Gasteiger partial charge is 0.433 e. The quantitative estimate of drug-likeness (QED) is 0.830. The maximum Gasteiger partial charge on any atom is 0.436 e. The molecule has 4 heteroatoms. The number of para-hydroxylation sites is 1. The summed E-state index contributed by atoms with van der Waals surface area (Å²) < 4.78 is 5.51. The minimum Gasteiger partial charge on any atom is -0.433 e. The van der Waals surface area contributed by atoms with Crippen molar-refractivity contribution in [1.82, 2.24) is 0 Å². The number of hydrazone groups is 1. The molecular formula is C16H14N2O2. The molecule has 0 bridgehead atoms. The second-order valence-electron chi connectivity index (χ2n) is 4.56. The molecule has 1 atom stereocenters. The van der Waals surface area contributed by atoms with Gasteiger partial charge in [0, 0.05) is 0 Å². The summed E-state index contributed by atoms with van der Waals surface area (Å²) >= 11 is 0. The molecule has 4 nitrogen and oxygen atoms in total. The Morgan fingerprint density at radius 3 is 2.25 bits per heavy atom. The van der Waals surface area contributed by atoms with E-state index in [2.05, 4.69) is 5.10 Å². The van der Waals surface area contributed by atoms with Gasteiger partial charge in [0.05, 0.1) is 11.4 Å². The number of nitrogens with zero attached hydrogens (tertiary/aromatic N) is 2. The lowest BCUT2D eigenvalue weighted by Gasteiger charge is -2.28. The van der Waals surface area contributed by atoms with E-state index >= 15 is 0 Å². The van der Waals surface area contributed by atoms with Crippen molar-refractivity contribution in [1.29, 1.82) is 0 Å². The molecule has 1 unspecified atom stereocenters. The van der Waals surface area contributed by atoms with Gasteiger partial charge < -0.3 is 4.74 Å². The zero-order valence-electron chi connectivity index (χ0n) is 11.1. The highest BCUT2D eigenvalue weighted by Gasteiger charge is 2.30. The van der Waals surface area contributed by atoms with Gasteiger partial charge in [-0.25, -0.2) is 4.79 Å². The summed E-state index contributed by atoms with van der Waals surface area (Å²) in [6, 6.07) is 18.9. The number of hydrogen-bond acceptors (Lipinski definition) is 3. The van der Waals surface area contributed by atoms with Crippen molar-refractivity contribution in [2.24, 2.45) is 5.10 Å². The van der Waals surface area contributed by atoms with Crippen molar-refractivity contribution in [2.45, 2.75) is 13.0 Å². The number of anilines is 1. The van der Waals surface area contributed by atoms with Crippen LogP contribution in [0.3, 0.4) is 0 Å². The van der Waals surface area contributed by atoms with E-state index in [9.17, 15) is 4.79 Å². The Morgan fingerprint density at radius 2 is 1.60 bits per heavy atom. The molecule has 1 aliphatic rings. The third-order valence-electron chi connectivity index (χ3n) is 3.13. The van der Waals surface area contributed by atoms with Crippen LogP contribution < -0.4 is 5.01 Å². The Hall–Kier alpha value is -2.62. The number of carbonyl (C=O) groups excluding carboxylic acids is 1. The molecule has 0 aromatic heterocycles. The van der Waals surface area contributed by atoms with Gasteiger partial charge in [0.15, 0.2) is 6.10 Å². The topological polar surface area (TPSA) is 41.9 Å². The van der Waals surface area contributed by atoms with Gasteiger partial charge in [-0.2, -0.15) is 10.1 Å². The van der Waals surface area contributed by atoms with Gasteiger partial charge >= 0.3 is 6.09 Å². The van der Waals surface area contributed by atoms with E-state index in [1.807, 2.05) is 67.6 Å². The van der Waals surface area contributed by atoms with Gasteiger partial charge in [0.25, 0.3) is 0 Å². The van der Waals surface area contributed by atoms with E-state index in [-0.39, 0.29) is 0 Å². The van der Waals surface area contributed by atoms with Crippen LogP contribution in [-0.4, -0.2) is 11.8 Å². The van der Waals surface area contributed by atoms with Crippen LogP contribution in [0.25, 0.3) is 0 Å². The van der Waals surface area contributed by atoms with Crippen molar-refractivity contribution in [3.63, 3.8) is 0 Å². The summed E-state index contributed by atoms with van der Waals surface area (Å²) in [4.78, 5) is 12.1. The van der Waals surface area contributed by atoms with Crippen LogP contribution in [0.15, 0.2) is 65.8 Å². The molecule has 20 heavy (non-hydrogen) atoms. The number of cyclic esters (lactones) is 1. The fraction of sp³-hybridized carbons (Fsp3) is 0.125. The van der Waals surface area contributed by atoms with Crippen LogP contribution >= 0.6 is 0 Å². The first kappa shape index (κ1) is 12.4. The maximum atomic E-state index is 12.1. The Kier molecular flexibility index (Phi) is 3.21. The first-order chi connectivity index (χ1) is 9.75. The van der Waals surface area contributed by atoms with Gasteiger partial charge in [-0.3, -0.25) is 0 Å². The molecule has 100 valence electrons. The van der Waals surface area contributed by atoms with Gasteiger partial charge in [-0.05, 0) is 24.6 Å². The molecule has 0 saturated carbocycles. The molecule has 0 spiro atoms. The lowest BCUT2D eigenvalue weighted by atomic mass is 10.1. The Bertz CT molecular complexity index is 638. The van der Waals surface area contributed by atoms with E-state index in [1.165, 1.54) is 5.01 Å². The number of hydrogen-bond donors (Lipinski definition) is 0. The molecule has 1 aliphatic heterocycles. The summed E-state index contributed by atoms with van der Waals surface area (Å²) in [5.74, 6) is 0. The van der Waals surface area contributed by atoms with E-state index in [0.29, 0.717) is 5.69 Å². The van der Waals surface area contributed by atoms with E-state index in [1.54, 1.807) is 0 Å². The predicted molar refractivity (Wildman–Crippen MR) is 77.7 cm³/mol. The second-order valence-corrected chi connectivity index (χ2v) is 4.56. The molecule has 1 amide bonds. The first-order valence-corrected chi connectivity index (χ1v) is 6.41. The van der Waals surface area contributed by atoms with Crippen LogP contribution in [0.4, 0.5) is 10.5 Å². The van der Waals surface area contributed by atoms with Crippen LogP contribution in [0, 0.1) is 0 Å².